The van der Waals surface area contributed by atoms with E-state index < -0.39 is 0 Å². The molecule has 1 aliphatic rings. The van der Waals surface area contributed by atoms with Crippen LogP contribution in [0.4, 0.5) is 0 Å². The first-order valence-electron chi connectivity index (χ1n) is 7.28. The maximum atomic E-state index is 5.43. The Labute approximate surface area is 126 Å². The molecule has 0 bridgehead atoms. The third-order valence-corrected chi connectivity index (χ3v) is 2.72. The van der Waals surface area contributed by atoms with Crippen LogP contribution in [0.2, 0.25) is 0 Å². The molecule has 0 spiro atoms. The number of aromatic nitrogens is 2. The topological polar surface area (TPSA) is 63.8 Å². The average Bonchev–Trinajstić information content (AvgIpc) is 2.97. The highest BCUT2D eigenvalue weighted by atomic mass is 16.7. The highest BCUT2D eigenvalue weighted by Crippen LogP contribution is 2.15. The van der Waals surface area contributed by atoms with E-state index in [4.69, 9.17) is 9.36 Å². The summed E-state index contributed by atoms with van der Waals surface area (Å²) < 4.78 is 4.76. The van der Waals surface area contributed by atoms with Gasteiger partial charge in [-0.15, -0.1) is 6.58 Å². The van der Waals surface area contributed by atoms with Gasteiger partial charge < -0.3 is 4.52 Å². The standard InChI is InChI=1S/C9H16N2O.C6H10N2O/c1-5-6-11-9(7(2)3)10-8(4)12-11;1-4(2)6-7-5(3)9-8-6/h5,7-8H,1,6H2,2-4H3;4H,1-3H3. The molecule has 6 nitrogen and oxygen atoms in total. The van der Waals surface area contributed by atoms with Crippen LogP contribution in [-0.2, 0) is 4.84 Å². The zero-order chi connectivity index (χ0) is 16.0. The molecule has 0 amide bonds. The Kier molecular flexibility index (Phi) is 6.55. The number of hydrogen-bond acceptors (Lipinski definition) is 6. The minimum absolute atomic E-state index is 0.0395. The molecule has 1 aromatic heterocycles. The number of hydrogen-bond donors (Lipinski definition) is 0. The molecule has 6 heteroatoms. The molecule has 0 aliphatic carbocycles. The summed E-state index contributed by atoms with van der Waals surface area (Å²) in [6.07, 6.45) is 1.78. The van der Waals surface area contributed by atoms with Gasteiger partial charge in [-0.3, -0.25) is 0 Å². The maximum absolute atomic E-state index is 5.43. The molecule has 0 N–H and O–H groups in total. The SMILES string of the molecule is C=CCN1OC(C)N=C1C(C)C.Cc1nc(C(C)C)no1. The van der Waals surface area contributed by atoms with E-state index in [1.165, 1.54) is 0 Å². The van der Waals surface area contributed by atoms with Gasteiger partial charge in [-0.2, -0.15) is 4.98 Å². The second-order valence-corrected chi connectivity index (χ2v) is 5.52. The molecular formula is C15H26N4O2. The van der Waals surface area contributed by atoms with Gasteiger partial charge in [0.1, 0.15) is 5.84 Å². The summed E-state index contributed by atoms with van der Waals surface area (Å²) in [6.45, 7) is 16.4. The van der Waals surface area contributed by atoms with Crippen LogP contribution in [0.3, 0.4) is 0 Å². The van der Waals surface area contributed by atoms with E-state index >= 15 is 0 Å². The van der Waals surface area contributed by atoms with Crippen molar-refractivity contribution < 1.29 is 9.36 Å². The van der Waals surface area contributed by atoms with E-state index in [1.54, 1.807) is 6.92 Å². The Balaban J connectivity index is 0.000000219. The van der Waals surface area contributed by atoms with Gasteiger partial charge in [-0.05, 0) is 6.92 Å². The van der Waals surface area contributed by atoms with Gasteiger partial charge in [0.25, 0.3) is 0 Å². The number of hydroxylamine groups is 2. The predicted octanol–water partition coefficient (Wildman–Crippen LogP) is 3.32. The third kappa shape index (κ3) is 5.30. The summed E-state index contributed by atoms with van der Waals surface area (Å²) in [5.74, 6) is 3.21. The molecule has 1 aromatic rings. The van der Waals surface area contributed by atoms with Gasteiger partial charge in [0.15, 0.2) is 12.1 Å². The molecule has 21 heavy (non-hydrogen) atoms. The molecule has 0 saturated carbocycles. The van der Waals surface area contributed by atoms with Crippen molar-refractivity contribution in [3.63, 3.8) is 0 Å². The summed E-state index contributed by atoms with van der Waals surface area (Å²) in [4.78, 5) is 13.8. The lowest BCUT2D eigenvalue weighted by Gasteiger charge is -2.19. The highest BCUT2D eigenvalue weighted by molar-refractivity contribution is 5.84. The van der Waals surface area contributed by atoms with Crippen molar-refractivity contribution in [3.05, 3.63) is 24.4 Å². The van der Waals surface area contributed by atoms with E-state index in [2.05, 4.69) is 35.6 Å². The highest BCUT2D eigenvalue weighted by Gasteiger charge is 2.23. The number of nitrogens with zero attached hydrogens (tertiary/aromatic N) is 4. The number of aliphatic imine (C=N–C) groups is 1. The summed E-state index contributed by atoms with van der Waals surface area (Å²) in [7, 11) is 0. The molecule has 1 unspecified atom stereocenters. The van der Waals surface area contributed by atoms with Crippen LogP contribution in [-0.4, -0.2) is 33.8 Å². The van der Waals surface area contributed by atoms with Crippen molar-refractivity contribution >= 4 is 5.84 Å². The smallest absolute Gasteiger partial charge is 0.223 e. The zero-order valence-electron chi connectivity index (χ0n) is 13.8. The van der Waals surface area contributed by atoms with Crippen molar-refractivity contribution in [3.8, 4) is 0 Å². The minimum atomic E-state index is -0.0395. The van der Waals surface area contributed by atoms with Gasteiger partial charge in [0.05, 0.1) is 6.54 Å². The summed E-state index contributed by atoms with van der Waals surface area (Å²) in [5.41, 5.74) is 0. The normalized spacial score (nSPS) is 17.8. The average molecular weight is 294 g/mol. The van der Waals surface area contributed by atoms with Crippen molar-refractivity contribution in [2.24, 2.45) is 10.9 Å². The first-order chi connectivity index (χ1) is 9.85. The Morgan fingerprint density at radius 1 is 1.29 bits per heavy atom. The fraction of sp³-hybridized carbons (Fsp3) is 0.667. The van der Waals surface area contributed by atoms with Crippen LogP contribution in [0.15, 0.2) is 22.2 Å². The molecular weight excluding hydrogens is 268 g/mol. The van der Waals surface area contributed by atoms with Crippen LogP contribution in [0, 0.1) is 12.8 Å². The molecule has 0 saturated heterocycles. The van der Waals surface area contributed by atoms with E-state index in [9.17, 15) is 0 Å². The number of rotatable bonds is 4. The van der Waals surface area contributed by atoms with E-state index in [1.807, 2.05) is 31.9 Å². The van der Waals surface area contributed by atoms with E-state index in [-0.39, 0.29) is 6.23 Å². The molecule has 0 radical (unpaired) electrons. The summed E-state index contributed by atoms with van der Waals surface area (Å²) >= 11 is 0. The lowest BCUT2D eigenvalue weighted by molar-refractivity contribution is -0.109. The monoisotopic (exact) mass is 294 g/mol. The number of aryl methyl sites for hydroxylation is 1. The van der Waals surface area contributed by atoms with Crippen LogP contribution >= 0.6 is 0 Å². The Bertz CT molecular complexity index is 480. The largest absolute Gasteiger partial charge is 0.340 e. The minimum Gasteiger partial charge on any atom is -0.340 e. The van der Waals surface area contributed by atoms with Crippen LogP contribution in [0.5, 0.6) is 0 Å². The first kappa shape index (κ1) is 17.4. The van der Waals surface area contributed by atoms with Crippen LogP contribution in [0.25, 0.3) is 0 Å². The summed E-state index contributed by atoms with van der Waals surface area (Å²) in [5, 5.41) is 5.54. The van der Waals surface area contributed by atoms with Crippen molar-refractivity contribution in [2.75, 3.05) is 6.54 Å². The maximum Gasteiger partial charge on any atom is 0.223 e. The van der Waals surface area contributed by atoms with Gasteiger partial charge in [-0.1, -0.05) is 38.9 Å². The van der Waals surface area contributed by atoms with Gasteiger partial charge in [0, 0.05) is 18.8 Å². The molecule has 2 heterocycles. The molecule has 1 atom stereocenters. The molecule has 0 fully saturated rings. The zero-order valence-corrected chi connectivity index (χ0v) is 13.8. The summed E-state index contributed by atoms with van der Waals surface area (Å²) in [6, 6.07) is 0. The fourth-order valence-corrected chi connectivity index (χ4v) is 1.75. The van der Waals surface area contributed by atoms with E-state index in [0.717, 1.165) is 11.7 Å². The second-order valence-electron chi connectivity index (χ2n) is 5.52. The molecule has 0 aromatic carbocycles. The first-order valence-corrected chi connectivity index (χ1v) is 7.28. The Morgan fingerprint density at radius 2 is 1.95 bits per heavy atom. The van der Waals surface area contributed by atoms with Gasteiger partial charge in [0.2, 0.25) is 5.89 Å². The van der Waals surface area contributed by atoms with Crippen LogP contribution < -0.4 is 0 Å². The quantitative estimate of drug-likeness (QED) is 0.797. The molecule has 118 valence electrons. The van der Waals surface area contributed by atoms with E-state index in [0.29, 0.717) is 24.3 Å². The number of amidine groups is 1. The fourth-order valence-electron chi connectivity index (χ4n) is 1.75. The van der Waals surface area contributed by atoms with Crippen LogP contribution in [0.1, 0.15) is 52.3 Å². The van der Waals surface area contributed by atoms with Gasteiger partial charge in [-0.25, -0.2) is 14.9 Å². The van der Waals surface area contributed by atoms with Crippen molar-refractivity contribution in [2.45, 2.75) is 53.7 Å². The third-order valence-electron chi connectivity index (χ3n) is 2.72. The predicted molar refractivity (Wildman–Crippen MR) is 82.8 cm³/mol. The second kappa shape index (κ2) is 7.93. The van der Waals surface area contributed by atoms with Gasteiger partial charge >= 0.3 is 0 Å². The van der Waals surface area contributed by atoms with Crippen molar-refractivity contribution in [1.29, 1.82) is 0 Å². The lowest BCUT2D eigenvalue weighted by atomic mass is 10.2. The Morgan fingerprint density at radius 3 is 2.33 bits per heavy atom. The molecule has 1 aliphatic heterocycles. The Hall–Kier alpha value is -1.69. The van der Waals surface area contributed by atoms with Crippen molar-refractivity contribution in [1.82, 2.24) is 15.2 Å². The molecule has 2 rings (SSSR count). The lowest BCUT2D eigenvalue weighted by Crippen LogP contribution is -2.30.